The number of rotatable bonds is 5. The second-order valence-electron chi connectivity index (χ2n) is 6.32. The van der Waals surface area contributed by atoms with Gasteiger partial charge in [0.1, 0.15) is 5.82 Å². The molecule has 1 N–H and O–H groups in total. The fourth-order valence-corrected chi connectivity index (χ4v) is 6.83. The predicted octanol–water partition coefficient (Wildman–Crippen LogP) is 1.17. The number of hydrogen-bond acceptors (Lipinski definition) is 5. The molecule has 0 aliphatic carbocycles. The number of hydrogen-bond donors (Lipinski definition) is 1. The van der Waals surface area contributed by atoms with E-state index in [0.717, 1.165) is 18.2 Å². The average Bonchev–Trinajstić information content (AvgIpc) is 2.86. The molecule has 1 aromatic carbocycles. The number of halogens is 1. The molecule has 1 aromatic rings. The van der Waals surface area contributed by atoms with Crippen LogP contribution >= 0.6 is 0 Å². The molecule has 0 aromatic heterocycles. The van der Waals surface area contributed by atoms with Crippen molar-refractivity contribution >= 4 is 25.6 Å². The molecular formula is C15H20FNO5S2. The van der Waals surface area contributed by atoms with E-state index in [1.165, 1.54) is 0 Å². The van der Waals surface area contributed by atoms with Crippen LogP contribution in [0.5, 0.6) is 0 Å². The first-order valence-corrected chi connectivity index (χ1v) is 10.9. The van der Waals surface area contributed by atoms with E-state index in [0.29, 0.717) is 6.54 Å². The largest absolute Gasteiger partial charge is 0.352 e. The number of benzene rings is 1. The maximum atomic E-state index is 13.9. The summed E-state index contributed by atoms with van der Waals surface area (Å²) >= 11 is 0. The molecular weight excluding hydrogens is 357 g/mol. The molecule has 24 heavy (non-hydrogen) atoms. The lowest BCUT2D eigenvalue weighted by Gasteiger charge is -2.13. The summed E-state index contributed by atoms with van der Waals surface area (Å²) in [7, 11) is -7.31. The van der Waals surface area contributed by atoms with Crippen LogP contribution in [0.15, 0.2) is 23.1 Å². The average molecular weight is 377 g/mol. The third kappa shape index (κ3) is 4.13. The van der Waals surface area contributed by atoms with Crippen LogP contribution in [0, 0.1) is 11.7 Å². The van der Waals surface area contributed by atoms with Gasteiger partial charge in [-0.15, -0.1) is 0 Å². The van der Waals surface area contributed by atoms with Crippen molar-refractivity contribution in [2.75, 3.05) is 18.1 Å². The molecule has 0 spiro atoms. The zero-order chi connectivity index (χ0) is 18.1. The van der Waals surface area contributed by atoms with Crippen LogP contribution in [0.4, 0.5) is 4.39 Å². The molecule has 1 saturated heterocycles. The van der Waals surface area contributed by atoms with Crippen molar-refractivity contribution in [3.05, 3.63) is 29.6 Å². The van der Waals surface area contributed by atoms with Gasteiger partial charge in [-0.3, -0.25) is 4.79 Å². The zero-order valence-corrected chi connectivity index (χ0v) is 15.1. The molecule has 1 aliphatic rings. The van der Waals surface area contributed by atoms with Gasteiger partial charge in [-0.05, 0) is 30.5 Å². The van der Waals surface area contributed by atoms with Gasteiger partial charge in [-0.25, -0.2) is 21.2 Å². The molecule has 2 rings (SSSR count). The Labute approximate surface area is 141 Å². The third-order valence-electron chi connectivity index (χ3n) is 3.81. The van der Waals surface area contributed by atoms with E-state index in [1.54, 1.807) is 0 Å². The Morgan fingerprint density at radius 1 is 1.38 bits per heavy atom. The molecule has 1 fully saturated rings. The molecule has 1 heterocycles. The summed E-state index contributed by atoms with van der Waals surface area (Å²) in [6, 6.07) is 2.96. The van der Waals surface area contributed by atoms with Gasteiger partial charge in [-0.1, -0.05) is 13.8 Å². The van der Waals surface area contributed by atoms with Crippen LogP contribution in [0.1, 0.15) is 30.6 Å². The summed E-state index contributed by atoms with van der Waals surface area (Å²) in [5, 5.41) is 1.47. The number of amides is 1. The minimum absolute atomic E-state index is 0.0108. The first-order chi connectivity index (χ1) is 11.0. The van der Waals surface area contributed by atoms with Gasteiger partial charge in [0.05, 0.1) is 27.2 Å². The highest BCUT2D eigenvalue weighted by molar-refractivity contribution is 7.96. The maximum absolute atomic E-state index is 13.9. The number of carbonyl (C=O) groups is 1. The molecule has 0 radical (unpaired) electrons. The second-order valence-corrected chi connectivity index (χ2v) is 10.8. The monoisotopic (exact) mass is 377 g/mol. The lowest BCUT2D eigenvalue weighted by Crippen LogP contribution is -2.29. The Hall–Kier alpha value is -1.48. The summed E-state index contributed by atoms with van der Waals surface area (Å²) in [6.07, 6.45) is 0.0108. The molecule has 6 nitrogen and oxygen atoms in total. The Balaban J connectivity index is 2.32. The fourth-order valence-electron chi connectivity index (χ4n) is 2.45. The number of nitrogens with one attached hydrogen (secondary N) is 1. The van der Waals surface area contributed by atoms with Crippen LogP contribution in [-0.2, 0) is 19.7 Å². The van der Waals surface area contributed by atoms with Crippen molar-refractivity contribution in [1.29, 1.82) is 0 Å². The molecule has 134 valence electrons. The first-order valence-electron chi connectivity index (χ1n) is 7.55. The predicted molar refractivity (Wildman–Crippen MR) is 87.8 cm³/mol. The summed E-state index contributed by atoms with van der Waals surface area (Å²) in [4.78, 5) is 11.8. The highest BCUT2D eigenvalue weighted by Gasteiger charge is 2.38. The van der Waals surface area contributed by atoms with Gasteiger partial charge >= 0.3 is 0 Å². The lowest BCUT2D eigenvalue weighted by molar-refractivity contribution is 0.0944. The van der Waals surface area contributed by atoms with Crippen LogP contribution in [0.25, 0.3) is 0 Å². The molecule has 0 bridgehead atoms. The molecule has 1 amide bonds. The number of sulfone groups is 2. The Kier molecular flexibility index (Phi) is 5.34. The van der Waals surface area contributed by atoms with Crippen molar-refractivity contribution in [1.82, 2.24) is 5.32 Å². The van der Waals surface area contributed by atoms with Gasteiger partial charge in [-0.2, -0.15) is 0 Å². The smallest absolute Gasteiger partial charge is 0.254 e. The Morgan fingerprint density at radius 2 is 2.04 bits per heavy atom. The SMILES string of the molecule is CC(C)CNC(=O)c1cc(S(=O)(=O)C2CCS(=O)(=O)C2)ccc1F. The fraction of sp³-hybridized carbons (Fsp3) is 0.533. The Morgan fingerprint density at radius 3 is 2.58 bits per heavy atom. The highest BCUT2D eigenvalue weighted by atomic mass is 32.2. The van der Waals surface area contributed by atoms with Gasteiger partial charge in [0.2, 0.25) is 0 Å². The lowest BCUT2D eigenvalue weighted by atomic mass is 10.2. The summed E-state index contributed by atoms with van der Waals surface area (Å²) < 4.78 is 62.0. The molecule has 1 unspecified atom stereocenters. The van der Waals surface area contributed by atoms with Crippen LogP contribution in [0.2, 0.25) is 0 Å². The van der Waals surface area contributed by atoms with Gasteiger partial charge in [0.15, 0.2) is 19.7 Å². The summed E-state index contributed by atoms with van der Waals surface area (Å²) in [6.45, 7) is 4.08. The van der Waals surface area contributed by atoms with E-state index in [4.69, 9.17) is 0 Å². The van der Waals surface area contributed by atoms with E-state index in [2.05, 4.69) is 5.32 Å². The first kappa shape index (κ1) is 18.9. The number of carbonyl (C=O) groups excluding carboxylic acids is 1. The van der Waals surface area contributed by atoms with Gasteiger partial charge < -0.3 is 5.32 Å². The second kappa shape index (κ2) is 6.79. The van der Waals surface area contributed by atoms with Crippen molar-refractivity contribution in [2.45, 2.75) is 30.4 Å². The normalized spacial score (nSPS) is 20.2. The zero-order valence-electron chi connectivity index (χ0n) is 13.5. The van der Waals surface area contributed by atoms with E-state index in [-0.39, 0.29) is 28.6 Å². The minimum atomic E-state index is -3.94. The van der Waals surface area contributed by atoms with E-state index in [1.807, 2.05) is 13.8 Å². The van der Waals surface area contributed by atoms with Gasteiger partial charge in [0, 0.05) is 6.54 Å². The quantitative estimate of drug-likeness (QED) is 0.777. The van der Waals surface area contributed by atoms with E-state index in [9.17, 15) is 26.0 Å². The standard InChI is InChI=1S/C15H20FNO5S2/c1-10(2)8-17-15(18)13-7-11(3-4-14(13)16)24(21,22)12-5-6-23(19,20)9-12/h3-4,7,10,12H,5-6,8-9H2,1-2H3,(H,17,18). The molecule has 9 heteroatoms. The molecule has 1 aliphatic heterocycles. The van der Waals surface area contributed by atoms with E-state index < -0.39 is 42.4 Å². The Bertz CT molecular complexity index is 847. The summed E-state index contributed by atoms with van der Waals surface area (Å²) in [5.41, 5.74) is -0.363. The maximum Gasteiger partial charge on any atom is 0.254 e. The van der Waals surface area contributed by atoms with Crippen molar-refractivity contribution in [3.8, 4) is 0 Å². The molecule has 0 saturated carbocycles. The van der Waals surface area contributed by atoms with Crippen molar-refractivity contribution < 1.29 is 26.0 Å². The van der Waals surface area contributed by atoms with Gasteiger partial charge in [0.25, 0.3) is 5.91 Å². The highest BCUT2D eigenvalue weighted by Crippen LogP contribution is 2.26. The minimum Gasteiger partial charge on any atom is -0.352 e. The topological polar surface area (TPSA) is 97.4 Å². The van der Waals surface area contributed by atoms with Crippen molar-refractivity contribution in [3.63, 3.8) is 0 Å². The van der Waals surface area contributed by atoms with Crippen molar-refractivity contribution in [2.24, 2.45) is 5.92 Å². The van der Waals surface area contributed by atoms with Crippen LogP contribution < -0.4 is 5.32 Å². The van der Waals surface area contributed by atoms with Crippen LogP contribution in [-0.4, -0.2) is 46.0 Å². The summed E-state index contributed by atoms with van der Waals surface area (Å²) in [5.74, 6) is -1.99. The van der Waals surface area contributed by atoms with Crippen LogP contribution in [0.3, 0.4) is 0 Å². The third-order valence-corrected chi connectivity index (χ3v) is 7.98. The molecule has 1 atom stereocenters. The van der Waals surface area contributed by atoms with E-state index >= 15 is 0 Å².